The van der Waals surface area contributed by atoms with Crippen LogP contribution in [0.1, 0.15) is 5.69 Å². The maximum absolute atomic E-state index is 12.3. The number of aryl methyl sites for hydroxylation is 1. The fraction of sp³-hybridized carbons (Fsp3) is 0.0714. The summed E-state index contributed by atoms with van der Waals surface area (Å²) in [5, 5.41) is 12.5. The van der Waals surface area contributed by atoms with Crippen LogP contribution in [0.15, 0.2) is 38.9 Å². The smallest absolute Gasteiger partial charge is 0.263 e. The first-order chi connectivity index (χ1) is 10.0. The highest BCUT2D eigenvalue weighted by Gasteiger charge is 2.15. The summed E-state index contributed by atoms with van der Waals surface area (Å²) >= 11 is 4.70. The van der Waals surface area contributed by atoms with Gasteiger partial charge in [-0.05, 0) is 24.6 Å². The number of nitrogens with one attached hydrogen (secondary N) is 1. The minimum atomic E-state index is -0.400. The van der Waals surface area contributed by atoms with Gasteiger partial charge in [0.1, 0.15) is 5.56 Å². The highest BCUT2D eigenvalue weighted by atomic mass is 79.9. The Morgan fingerprint density at radius 3 is 2.76 bits per heavy atom. The van der Waals surface area contributed by atoms with Gasteiger partial charge in [0.15, 0.2) is 10.8 Å². The van der Waals surface area contributed by atoms with E-state index in [0.717, 1.165) is 10.2 Å². The van der Waals surface area contributed by atoms with Crippen LogP contribution >= 0.6 is 27.3 Å². The predicted octanol–water partition coefficient (Wildman–Crippen LogP) is 3.34. The van der Waals surface area contributed by atoms with E-state index in [2.05, 4.69) is 30.9 Å². The Morgan fingerprint density at radius 2 is 2.14 bits per heavy atom. The molecule has 7 heteroatoms. The van der Waals surface area contributed by atoms with Crippen molar-refractivity contribution >= 4 is 27.3 Å². The third-order valence-electron chi connectivity index (χ3n) is 2.84. The van der Waals surface area contributed by atoms with Gasteiger partial charge in [-0.3, -0.25) is 4.79 Å². The van der Waals surface area contributed by atoms with Crippen LogP contribution in [0.5, 0.6) is 5.88 Å². The molecule has 0 fully saturated rings. The van der Waals surface area contributed by atoms with Crippen LogP contribution in [0, 0.1) is 6.92 Å². The van der Waals surface area contributed by atoms with E-state index >= 15 is 0 Å². The van der Waals surface area contributed by atoms with Gasteiger partial charge < -0.3 is 10.1 Å². The van der Waals surface area contributed by atoms with Gasteiger partial charge in [-0.1, -0.05) is 28.1 Å². The van der Waals surface area contributed by atoms with Crippen molar-refractivity contribution in [3.05, 3.63) is 50.2 Å². The first kappa shape index (κ1) is 14.0. The zero-order valence-electron chi connectivity index (χ0n) is 10.9. The summed E-state index contributed by atoms with van der Waals surface area (Å²) in [5.41, 5.74) is 1.18. The van der Waals surface area contributed by atoms with Crippen molar-refractivity contribution in [3.8, 4) is 27.8 Å². The molecule has 3 aromatic rings. The number of rotatable bonds is 2. The van der Waals surface area contributed by atoms with Gasteiger partial charge in [0.2, 0.25) is 5.88 Å². The summed E-state index contributed by atoms with van der Waals surface area (Å²) in [5.74, 6) is -0.0333. The van der Waals surface area contributed by atoms with Gasteiger partial charge >= 0.3 is 0 Å². The molecule has 0 saturated heterocycles. The number of H-pyrrole nitrogens is 1. The van der Waals surface area contributed by atoms with Gasteiger partial charge in [-0.15, -0.1) is 11.3 Å². The third kappa shape index (κ3) is 2.74. The fourth-order valence-electron chi connectivity index (χ4n) is 1.93. The summed E-state index contributed by atoms with van der Waals surface area (Å²) in [6.45, 7) is 1.85. The van der Waals surface area contributed by atoms with E-state index in [9.17, 15) is 9.90 Å². The van der Waals surface area contributed by atoms with Crippen LogP contribution < -0.4 is 5.56 Å². The molecule has 106 valence electrons. The van der Waals surface area contributed by atoms with Crippen molar-refractivity contribution in [2.75, 3.05) is 0 Å². The van der Waals surface area contributed by atoms with Crippen LogP contribution in [-0.4, -0.2) is 20.1 Å². The van der Waals surface area contributed by atoms with Crippen LogP contribution in [0.25, 0.3) is 22.0 Å². The second kappa shape index (κ2) is 5.42. The normalized spacial score (nSPS) is 10.8. The zero-order chi connectivity index (χ0) is 15.0. The molecule has 1 aromatic carbocycles. The highest BCUT2D eigenvalue weighted by molar-refractivity contribution is 9.10. The number of benzene rings is 1. The van der Waals surface area contributed by atoms with Gasteiger partial charge in [-0.2, -0.15) is 4.98 Å². The van der Waals surface area contributed by atoms with E-state index in [1.807, 2.05) is 18.4 Å². The number of hydrogen-bond donors (Lipinski definition) is 2. The highest BCUT2D eigenvalue weighted by Crippen LogP contribution is 2.28. The summed E-state index contributed by atoms with van der Waals surface area (Å²) < 4.78 is 0.818. The maximum atomic E-state index is 12.3. The Bertz CT molecular complexity index is 873. The van der Waals surface area contributed by atoms with Crippen molar-refractivity contribution < 1.29 is 5.11 Å². The minimum absolute atomic E-state index is 0.147. The van der Waals surface area contributed by atoms with Crippen molar-refractivity contribution in [1.29, 1.82) is 0 Å². The first-order valence-corrected chi connectivity index (χ1v) is 7.73. The van der Waals surface area contributed by atoms with E-state index in [4.69, 9.17) is 0 Å². The second-order valence-electron chi connectivity index (χ2n) is 4.42. The van der Waals surface area contributed by atoms with Crippen molar-refractivity contribution in [1.82, 2.24) is 15.0 Å². The molecule has 2 N–H and O–H groups in total. The van der Waals surface area contributed by atoms with E-state index in [1.165, 1.54) is 11.3 Å². The Balaban J connectivity index is 2.15. The van der Waals surface area contributed by atoms with Crippen molar-refractivity contribution in [2.24, 2.45) is 0 Å². The molecule has 0 saturated carbocycles. The number of aromatic nitrogens is 3. The molecule has 0 unspecified atom stereocenters. The number of thiazole rings is 1. The molecule has 0 aliphatic rings. The number of aromatic hydroxyl groups is 1. The van der Waals surface area contributed by atoms with E-state index in [1.54, 1.807) is 18.2 Å². The molecular formula is C14H10BrN3O2S. The average Bonchev–Trinajstić information content (AvgIpc) is 2.85. The molecule has 5 nitrogen and oxygen atoms in total. The Labute approximate surface area is 132 Å². The van der Waals surface area contributed by atoms with Crippen LogP contribution in [-0.2, 0) is 0 Å². The summed E-state index contributed by atoms with van der Waals surface area (Å²) in [7, 11) is 0. The van der Waals surface area contributed by atoms with Gasteiger partial charge in [0.05, 0.1) is 0 Å². The quantitative estimate of drug-likeness (QED) is 0.731. The van der Waals surface area contributed by atoms with Crippen LogP contribution in [0.2, 0.25) is 0 Å². The monoisotopic (exact) mass is 363 g/mol. The van der Waals surface area contributed by atoms with Gasteiger partial charge in [0.25, 0.3) is 5.56 Å². The average molecular weight is 364 g/mol. The van der Waals surface area contributed by atoms with Gasteiger partial charge in [0, 0.05) is 15.5 Å². The standard InChI is InChI=1S/C14H10BrN3O2S/c1-7-6-21-14(16-7)11-17-12(19)10(13(20)18-11)8-3-2-4-9(15)5-8/h2-6H,1H3,(H2,17,18,19,20). The number of nitrogens with zero attached hydrogens (tertiary/aromatic N) is 2. The van der Waals surface area contributed by atoms with Crippen molar-refractivity contribution in [3.63, 3.8) is 0 Å². The summed E-state index contributed by atoms with van der Waals surface area (Å²) in [6, 6.07) is 7.12. The lowest BCUT2D eigenvalue weighted by Gasteiger charge is -2.05. The van der Waals surface area contributed by atoms with Crippen molar-refractivity contribution in [2.45, 2.75) is 6.92 Å². The van der Waals surface area contributed by atoms with E-state index in [0.29, 0.717) is 10.6 Å². The topological polar surface area (TPSA) is 78.9 Å². The molecule has 0 radical (unpaired) electrons. The van der Waals surface area contributed by atoms with Crippen LogP contribution in [0.3, 0.4) is 0 Å². The largest absolute Gasteiger partial charge is 0.493 e. The van der Waals surface area contributed by atoms with E-state index < -0.39 is 5.56 Å². The fourth-order valence-corrected chi connectivity index (χ4v) is 3.07. The zero-order valence-corrected chi connectivity index (χ0v) is 13.3. The Kier molecular flexibility index (Phi) is 3.60. The molecule has 0 atom stereocenters. The molecule has 0 aliphatic heterocycles. The second-order valence-corrected chi connectivity index (χ2v) is 6.19. The molecule has 2 aromatic heterocycles. The summed E-state index contributed by atoms with van der Waals surface area (Å²) in [4.78, 5) is 23.2. The lowest BCUT2D eigenvalue weighted by Crippen LogP contribution is -2.12. The molecular weight excluding hydrogens is 354 g/mol. The molecule has 3 rings (SSSR count). The summed E-state index contributed by atoms with van der Waals surface area (Å²) in [6.07, 6.45) is 0. The van der Waals surface area contributed by atoms with E-state index in [-0.39, 0.29) is 17.3 Å². The minimum Gasteiger partial charge on any atom is -0.493 e. The maximum Gasteiger partial charge on any atom is 0.263 e. The third-order valence-corrected chi connectivity index (χ3v) is 4.30. The number of aromatic amines is 1. The number of hydrogen-bond acceptors (Lipinski definition) is 5. The lowest BCUT2D eigenvalue weighted by molar-refractivity contribution is 0.454. The first-order valence-electron chi connectivity index (χ1n) is 6.06. The number of halogens is 1. The Morgan fingerprint density at radius 1 is 1.33 bits per heavy atom. The SMILES string of the molecule is Cc1csc(-c2nc(O)c(-c3cccc(Br)c3)c(=O)[nH]2)n1. The predicted molar refractivity (Wildman–Crippen MR) is 85.5 cm³/mol. The molecule has 0 spiro atoms. The molecule has 0 amide bonds. The molecule has 2 heterocycles. The van der Waals surface area contributed by atoms with Gasteiger partial charge in [-0.25, -0.2) is 4.98 Å². The molecule has 0 bridgehead atoms. The molecule has 21 heavy (non-hydrogen) atoms. The molecule has 0 aliphatic carbocycles. The Hall–Kier alpha value is -1.99. The lowest BCUT2D eigenvalue weighted by atomic mass is 10.1. The van der Waals surface area contributed by atoms with Crippen LogP contribution in [0.4, 0.5) is 0 Å².